The third-order valence-electron chi connectivity index (χ3n) is 3.77. The minimum atomic E-state index is 0.0221. The number of hydrogen-bond donors (Lipinski definition) is 2. The molecule has 0 aromatic carbocycles. The molecule has 5 nitrogen and oxygen atoms in total. The summed E-state index contributed by atoms with van der Waals surface area (Å²) in [4.78, 5) is 18.6. The molecule has 0 bridgehead atoms. The highest BCUT2D eigenvalue weighted by Gasteiger charge is 2.22. The molecule has 5 heteroatoms. The molecule has 1 atom stereocenters. The van der Waals surface area contributed by atoms with E-state index in [4.69, 9.17) is 0 Å². The van der Waals surface area contributed by atoms with Crippen molar-refractivity contribution >= 4 is 11.7 Å². The van der Waals surface area contributed by atoms with Crippen LogP contribution in [0.1, 0.15) is 19.8 Å². The van der Waals surface area contributed by atoms with Crippen LogP contribution in [0, 0.1) is 5.92 Å². The maximum Gasteiger partial charge on any atom is 0.224 e. The summed E-state index contributed by atoms with van der Waals surface area (Å²) >= 11 is 0. The van der Waals surface area contributed by atoms with Crippen LogP contribution in [-0.2, 0) is 4.79 Å². The van der Waals surface area contributed by atoms with Crippen molar-refractivity contribution in [3.8, 4) is 0 Å². The van der Waals surface area contributed by atoms with E-state index in [1.807, 2.05) is 38.4 Å². The monoisotopic (exact) mass is 276 g/mol. The van der Waals surface area contributed by atoms with Gasteiger partial charge in [0.2, 0.25) is 5.91 Å². The molecule has 1 saturated heterocycles. The Morgan fingerprint density at radius 2 is 2.20 bits per heavy atom. The maximum atomic E-state index is 12.0. The number of carbonyl (C=O) groups excluding carboxylic acids is 1. The first kappa shape index (κ1) is 14.8. The lowest BCUT2D eigenvalue weighted by molar-refractivity contribution is -0.125. The summed E-state index contributed by atoms with van der Waals surface area (Å²) in [6, 6.07) is 6.27. The molecule has 0 spiro atoms. The predicted molar refractivity (Wildman–Crippen MR) is 80.7 cm³/mol. The molecule has 1 unspecified atom stereocenters. The predicted octanol–water partition coefficient (Wildman–Crippen LogP) is 1.02. The summed E-state index contributed by atoms with van der Waals surface area (Å²) < 4.78 is 0. The van der Waals surface area contributed by atoms with Crippen LogP contribution in [0.15, 0.2) is 24.4 Å². The Morgan fingerprint density at radius 3 is 2.80 bits per heavy atom. The molecule has 1 aromatic rings. The second-order valence-electron chi connectivity index (χ2n) is 5.42. The van der Waals surface area contributed by atoms with Crippen molar-refractivity contribution < 1.29 is 4.79 Å². The molecule has 20 heavy (non-hydrogen) atoms. The molecule has 1 aliphatic rings. The summed E-state index contributed by atoms with van der Waals surface area (Å²) in [7, 11) is 1.87. The zero-order valence-electron chi connectivity index (χ0n) is 12.3. The summed E-state index contributed by atoms with van der Waals surface area (Å²) in [5, 5.41) is 6.19. The van der Waals surface area contributed by atoms with Gasteiger partial charge in [-0.3, -0.25) is 4.79 Å². The van der Waals surface area contributed by atoms with Crippen molar-refractivity contribution in [1.82, 2.24) is 15.6 Å². The quantitative estimate of drug-likeness (QED) is 0.843. The van der Waals surface area contributed by atoms with Gasteiger partial charge in [-0.05, 0) is 32.0 Å². The molecule has 0 radical (unpaired) electrons. The second-order valence-corrected chi connectivity index (χ2v) is 5.42. The molecule has 110 valence electrons. The lowest BCUT2D eigenvalue weighted by Gasteiger charge is -2.33. The molecule has 2 heterocycles. The standard InChI is InChI=1S/C15H24N4O/c1-12(11-16-2)15(20)18-13-6-9-19(10-7-13)14-5-3-4-8-17-14/h3-5,8,12-13,16H,6-7,9-11H2,1-2H3,(H,18,20). The lowest BCUT2D eigenvalue weighted by atomic mass is 10.0. The van der Waals surface area contributed by atoms with E-state index in [-0.39, 0.29) is 11.8 Å². The number of piperidine rings is 1. The Balaban J connectivity index is 1.78. The lowest BCUT2D eigenvalue weighted by Crippen LogP contribution is -2.47. The molecule has 1 aromatic heterocycles. The van der Waals surface area contributed by atoms with Crippen molar-refractivity contribution in [3.05, 3.63) is 24.4 Å². The molecule has 0 saturated carbocycles. The van der Waals surface area contributed by atoms with E-state index in [0.29, 0.717) is 6.04 Å². The Hall–Kier alpha value is -1.62. The molecule has 2 rings (SSSR count). The first-order chi connectivity index (χ1) is 9.70. The third kappa shape index (κ3) is 3.93. The van der Waals surface area contributed by atoms with Gasteiger partial charge in [0, 0.05) is 37.8 Å². The van der Waals surface area contributed by atoms with Crippen LogP contribution >= 0.6 is 0 Å². The zero-order valence-corrected chi connectivity index (χ0v) is 12.3. The van der Waals surface area contributed by atoms with Gasteiger partial charge in [-0.1, -0.05) is 13.0 Å². The van der Waals surface area contributed by atoms with Crippen LogP contribution in [-0.4, -0.2) is 43.6 Å². The first-order valence-electron chi connectivity index (χ1n) is 7.31. The van der Waals surface area contributed by atoms with E-state index in [2.05, 4.69) is 20.5 Å². The third-order valence-corrected chi connectivity index (χ3v) is 3.77. The van der Waals surface area contributed by atoms with Crippen molar-refractivity contribution in [3.63, 3.8) is 0 Å². The Morgan fingerprint density at radius 1 is 1.45 bits per heavy atom. The number of carbonyl (C=O) groups is 1. The minimum absolute atomic E-state index is 0.0221. The number of amides is 1. The van der Waals surface area contributed by atoms with E-state index in [9.17, 15) is 4.79 Å². The van der Waals surface area contributed by atoms with E-state index in [1.54, 1.807) is 0 Å². The average molecular weight is 276 g/mol. The van der Waals surface area contributed by atoms with Crippen LogP contribution in [0.2, 0.25) is 0 Å². The van der Waals surface area contributed by atoms with Crippen LogP contribution in [0.4, 0.5) is 5.82 Å². The van der Waals surface area contributed by atoms with Crippen molar-refractivity contribution in [2.75, 3.05) is 31.6 Å². The highest BCUT2D eigenvalue weighted by molar-refractivity contribution is 5.78. The van der Waals surface area contributed by atoms with Gasteiger partial charge in [0.05, 0.1) is 0 Å². The van der Waals surface area contributed by atoms with Crippen molar-refractivity contribution in [2.24, 2.45) is 5.92 Å². The van der Waals surface area contributed by atoms with E-state index in [0.717, 1.165) is 38.3 Å². The maximum absolute atomic E-state index is 12.0. The van der Waals surface area contributed by atoms with Crippen LogP contribution in [0.5, 0.6) is 0 Å². The van der Waals surface area contributed by atoms with Gasteiger partial charge < -0.3 is 15.5 Å². The van der Waals surface area contributed by atoms with Crippen molar-refractivity contribution in [1.29, 1.82) is 0 Å². The SMILES string of the molecule is CNCC(C)C(=O)NC1CCN(c2ccccn2)CC1. The highest BCUT2D eigenvalue weighted by atomic mass is 16.1. The largest absolute Gasteiger partial charge is 0.356 e. The number of hydrogen-bond acceptors (Lipinski definition) is 4. The topological polar surface area (TPSA) is 57.3 Å². The van der Waals surface area contributed by atoms with Crippen molar-refractivity contribution in [2.45, 2.75) is 25.8 Å². The van der Waals surface area contributed by atoms with Crippen LogP contribution in [0.25, 0.3) is 0 Å². The molecular weight excluding hydrogens is 252 g/mol. The highest BCUT2D eigenvalue weighted by Crippen LogP contribution is 2.17. The molecule has 0 aliphatic carbocycles. The number of nitrogens with zero attached hydrogens (tertiary/aromatic N) is 2. The fourth-order valence-electron chi connectivity index (χ4n) is 2.54. The van der Waals surface area contributed by atoms with Gasteiger partial charge in [0.1, 0.15) is 5.82 Å². The Bertz CT molecular complexity index is 415. The summed E-state index contributed by atoms with van der Waals surface area (Å²) in [6.07, 6.45) is 3.78. The number of aromatic nitrogens is 1. The zero-order chi connectivity index (χ0) is 14.4. The summed E-state index contributed by atoms with van der Waals surface area (Å²) in [5.74, 6) is 1.20. The summed E-state index contributed by atoms with van der Waals surface area (Å²) in [5.41, 5.74) is 0. The summed E-state index contributed by atoms with van der Waals surface area (Å²) in [6.45, 7) is 4.57. The first-order valence-corrected chi connectivity index (χ1v) is 7.31. The number of pyridine rings is 1. The fraction of sp³-hybridized carbons (Fsp3) is 0.600. The van der Waals surface area contributed by atoms with E-state index in [1.165, 1.54) is 0 Å². The average Bonchev–Trinajstić information content (AvgIpc) is 2.49. The van der Waals surface area contributed by atoms with E-state index >= 15 is 0 Å². The van der Waals surface area contributed by atoms with Gasteiger partial charge in [-0.15, -0.1) is 0 Å². The normalized spacial score (nSPS) is 17.8. The smallest absolute Gasteiger partial charge is 0.224 e. The van der Waals surface area contributed by atoms with Gasteiger partial charge >= 0.3 is 0 Å². The molecule has 2 N–H and O–H groups in total. The van der Waals surface area contributed by atoms with Gasteiger partial charge in [-0.25, -0.2) is 4.98 Å². The Kier molecular flexibility index (Phi) is 5.35. The number of rotatable bonds is 5. The Labute approximate surface area is 120 Å². The van der Waals surface area contributed by atoms with Gasteiger partial charge in [0.15, 0.2) is 0 Å². The number of nitrogens with one attached hydrogen (secondary N) is 2. The number of anilines is 1. The van der Waals surface area contributed by atoms with Crippen LogP contribution in [0.3, 0.4) is 0 Å². The van der Waals surface area contributed by atoms with E-state index < -0.39 is 0 Å². The van der Waals surface area contributed by atoms with Gasteiger partial charge in [-0.2, -0.15) is 0 Å². The minimum Gasteiger partial charge on any atom is -0.356 e. The molecule has 1 aliphatic heterocycles. The second kappa shape index (κ2) is 7.24. The molecule has 1 amide bonds. The molecular formula is C15H24N4O. The fourth-order valence-corrected chi connectivity index (χ4v) is 2.54. The van der Waals surface area contributed by atoms with Gasteiger partial charge in [0.25, 0.3) is 0 Å². The van der Waals surface area contributed by atoms with Crippen LogP contribution < -0.4 is 15.5 Å². The molecule has 1 fully saturated rings.